The van der Waals surface area contributed by atoms with Gasteiger partial charge in [-0.05, 0) is 49.6 Å². The van der Waals surface area contributed by atoms with E-state index in [2.05, 4.69) is 34.1 Å². The van der Waals surface area contributed by atoms with E-state index in [1.165, 1.54) is 10.5 Å². The number of halogens is 1. The van der Waals surface area contributed by atoms with Crippen molar-refractivity contribution in [3.63, 3.8) is 0 Å². The van der Waals surface area contributed by atoms with Gasteiger partial charge in [-0.15, -0.1) is 11.8 Å². The zero-order chi connectivity index (χ0) is 12.1. The van der Waals surface area contributed by atoms with Crippen molar-refractivity contribution in [3.8, 4) is 0 Å². The zero-order valence-corrected chi connectivity index (χ0v) is 12.2. The van der Waals surface area contributed by atoms with Crippen LogP contribution in [0.3, 0.4) is 0 Å². The van der Waals surface area contributed by atoms with Crippen LogP contribution < -0.4 is 5.73 Å². The third-order valence-electron chi connectivity index (χ3n) is 2.90. The largest absolute Gasteiger partial charge is 0.381 e. The average Bonchev–Trinajstić information content (AvgIpc) is 2.34. The Hall–Kier alpha value is -0.0300. The van der Waals surface area contributed by atoms with Gasteiger partial charge in [0.15, 0.2) is 0 Å². The Morgan fingerprint density at radius 2 is 2.12 bits per heavy atom. The van der Waals surface area contributed by atoms with E-state index < -0.39 is 0 Å². The summed E-state index contributed by atoms with van der Waals surface area (Å²) in [5, 5.41) is 0.696. The summed E-state index contributed by atoms with van der Waals surface area (Å²) in [6.07, 6.45) is 3.26. The van der Waals surface area contributed by atoms with Crippen molar-refractivity contribution in [2.24, 2.45) is 5.73 Å². The minimum atomic E-state index is 0.696. The Kier molecular flexibility index (Phi) is 5.35. The maximum Gasteiger partial charge on any atom is 0.0476 e. The minimum Gasteiger partial charge on any atom is -0.381 e. The summed E-state index contributed by atoms with van der Waals surface area (Å²) in [5.41, 5.74) is 7.03. The van der Waals surface area contributed by atoms with E-state index in [4.69, 9.17) is 10.5 Å². The van der Waals surface area contributed by atoms with E-state index in [1.54, 1.807) is 0 Å². The lowest BCUT2D eigenvalue weighted by atomic mass is 10.1. The van der Waals surface area contributed by atoms with Crippen molar-refractivity contribution in [2.45, 2.75) is 29.4 Å². The molecule has 0 aliphatic carbocycles. The van der Waals surface area contributed by atoms with Crippen molar-refractivity contribution in [3.05, 3.63) is 28.2 Å². The molecule has 1 aromatic rings. The molecule has 1 saturated heterocycles. The first-order valence-electron chi connectivity index (χ1n) is 6.02. The molecule has 0 atom stereocenters. The highest BCUT2D eigenvalue weighted by molar-refractivity contribution is 9.10. The highest BCUT2D eigenvalue weighted by Crippen LogP contribution is 2.33. The summed E-state index contributed by atoms with van der Waals surface area (Å²) in [5.74, 6) is 0. The van der Waals surface area contributed by atoms with Crippen molar-refractivity contribution in [1.82, 2.24) is 0 Å². The molecule has 0 radical (unpaired) electrons. The third-order valence-corrected chi connectivity index (χ3v) is 4.85. The Labute approximate surface area is 115 Å². The highest BCUT2D eigenvalue weighted by Gasteiger charge is 2.16. The average molecular weight is 316 g/mol. The zero-order valence-electron chi connectivity index (χ0n) is 9.82. The quantitative estimate of drug-likeness (QED) is 0.926. The Morgan fingerprint density at radius 3 is 2.82 bits per heavy atom. The van der Waals surface area contributed by atoms with Gasteiger partial charge in [-0.1, -0.05) is 15.9 Å². The van der Waals surface area contributed by atoms with E-state index in [0.717, 1.165) is 36.9 Å². The van der Waals surface area contributed by atoms with Gasteiger partial charge < -0.3 is 10.5 Å². The highest BCUT2D eigenvalue weighted by atomic mass is 79.9. The van der Waals surface area contributed by atoms with Crippen LogP contribution in [0.25, 0.3) is 0 Å². The van der Waals surface area contributed by atoms with Gasteiger partial charge in [0.2, 0.25) is 0 Å². The number of thioether (sulfide) groups is 1. The Balaban J connectivity index is 2.07. The molecule has 0 bridgehead atoms. The van der Waals surface area contributed by atoms with Crippen molar-refractivity contribution in [1.29, 1.82) is 0 Å². The van der Waals surface area contributed by atoms with E-state index >= 15 is 0 Å². The second-order valence-electron chi connectivity index (χ2n) is 4.22. The first kappa shape index (κ1) is 13.4. The fourth-order valence-corrected chi connectivity index (χ4v) is 3.64. The summed E-state index contributed by atoms with van der Waals surface area (Å²) >= 11 is 5.50. The standard InChI is InChI=1S/C13H18BrNOS/c14-11-1-2-13(10(9-11)3-6-15)17-12-4-7-16-8-5-12/h1-2,9,12H,3-8,15H2. The SMILES string of the molecule is NCCc1cc(Br)ccc1SC1CCOCC1. The summed E-state index contributed by atoms with van der Waals surface area (Å²) in [7, 11) is 0. The number of rotatable bonds is 4. The van der Waals surface area contributed by atoms with Crippen LogP contribution in [-0.4, -0.2) is 25.0 Å². The molecule has 2 nitrogen and oxygen atoms in total. The molecule has 1 heterocycles. The van der Waals surface area contributed by atoms with Crippen LogP contribution in [0, 0.1) is 0 Å². The number of ether oxygens (including phenoxy) is 1. The summed E-state index contributed by atoms with van der Waals surface area (Å²) in [6, 6.07) is 6.51. The monoisotopic (exact) mass is 315 g/mol. The second-order valence-corrected chi connectivity index (χ2v) is 6.48. The van der Waals surface area contributed by atoms with Crippen LogP contribution in [0.2, 0.25) is 0 Å². The molecule has 1 fully saturated rings. The summed E-state index contributed by atoms with van der Waals surface area (Å²) < 4.78 is 6.53. The molecule has 2 rings (SSSR count). The maximum absolute atomic E-state index is 5.67. The Morgan fingerprint density at radius 1 is 1.35 bits per heavy atom. The van der Waals surface area contributed by atoms with Crippen LogP contribution in [0.4, 0.5) is 0 Å². The molecule has 0 saturated carbocycles. The summed E-state index contributed by atoms with van der Waals surface area (Å²) in [4.78, 5) is 1.38. The first-order valence-corrected chi connectivity index (χ1v) is 7.70. The molecule has 2 N–H and O–H groups in total. The van der Waals surface area contributed by atoms with Crippen molar-refractivity contribution < 1.29 is 4.74 Å². The van der Waals surface area contributed by atoms with Gasteiger partial charge in [-0.25, -0.2) is 0 Å². The third kappa shape index (κ3) is 3.98. The molecule has 4 heteroatoms. The van der Waals surface area contributed by atoms with Gasteiger partial charge in [0.25, 0.3) is 0 Å². The molecule has 0 aromatic heterocycles. The minimum absolute atomic E-state index is 0.696. The lowest BCUT2D eigenvalue weighted by Crippen LogP contribution is -2.17. The molecule has 0 unspecified atom stereocenters. The lowest BCUT2D eigenvalue weighted by Gasteiger charge is -2.22. The lowest BCUT2D eigenvalue weighted by molar-refractivity contribution is 0.100. The number of nitrogens with two attached hydrogens (primary N) is 1. The smallest absolute Gasteiger partial charge is 0.0476 e. The van der Waals surface area contributed by atoms with Gasteiger partial charge in [0.05, 0.1) is 0 Å². The molecule has 1 aliphatic heterocycles. The number of hydrogen-bond acceptors (Lipinski definition) is 3. The van der Waals surface area contributed by atoms with Crippen LogP contribution in [0.5, 0.6) is 0 Å². The number of hydrogen-bond donors (Lipinski definition) is 1. The predicted molar refractivity (Wildman–Crippen MR) is 76.6 cm³/mol. The van der Waals surface area contributed by atoms with Crippen LogP contribution in [-0.2, 0) is 11.2 Å². The van der Waals surface area contributed by atoms with Crippen LogP contribution in [0.15, 0.2) is 27.6 Å². The molecule has 17 heavy (non-hydrogen) atoms. The molecule has 1 aliphatic rings. The fraction of sp³-hybridized carbons (Fsp3) is 0.538. The normalized spacial score (nSPS) is 17.3. The molecular formula is C13H18BrNOS. The van der Waals surface area contributed by atoms with Gasteiger partial charge >= 0.3 is 0 Å². The molecule has 0 amide bonds. The molecular weight excluding hydrogens is 298 g/mol. The van der Waals surface area contributed by atoms with E-state index in [1.807, 2.05) is 11.8 Å². The molecule has 0 spiro atoms. The van der Waals surface area contributed by atoms with E-state index in [0.29, 0.717) is 11.8 Å². The topological polar surface area (TPSA) is 35.2 Å². The Bertz CT molecular complexity index is 366. The van der Waals surface area contributed by atoms with Gasteiger partial charge in [-0.3, -0.25) is 0 Å². The first-order chi connectivity index (χ1) is 8.29. The molecule has 94 valence electrons. The molecule has 1 aromatic carbocycles. The van der Waals surface area contributed by atoms with Crippen molar-refractivity contribution in [2.75, 3.05) is 19.8 Å². The van der Waals surface area contributed by atoms with Gasteiger partial charge in [0, 0.05) is 27.8 Å². The second kappa shape index (κ2) is 6.78. The van der Waals surface area contributed by atoms with E-state index in [9.17, 15) is 0 Å². The van der Waals surface area contributed by atoms with Crippen molar-refractivity contribution >= 4 is 27.7 Å². The van der Waals surface area contributed by atoms with Crippen LogP contribution >= 0.6 is 27.7 Å². The summed E-state index contributed by atoms with van der Waals surface area (Å²) in [6.45, 7) is 2.51. The van der Waals surface area contributed by atoms with Gasteiger partial charge in [0.1, 0.15) is 0 Å². The maximum atomic E-state index is 5.67. The van der Waals surface area contributed by atoms with Gasteiger partial charge in [-0.2, -0.15) is 0 Å². The fourth-order valence-electron chi connectivity index (χ4n) is 1.99. The number of benzene rings is 1. The van der Waals surface area contributed by atoms with E-state index in [-0.39, 0.29) is 0 Å². The van der Waals surface area contributed by atoms with Crippen LogP contribution in [0.1, 0.15) is 18.4 Å². The predicted octanol–water partition coefficient (Wildman–Crippen LogP) is 3.22.